The second kappa shape index (κ2) is 9.32. The van der Waals surface area contributed by atoms with Crippen molar-refractivity contribution in [3.63, 3.8) is 0 Å². The van der Waals surface area contributed by atoms with Crippen molar-refractivity contribution in [2.45, 2.75) is 24.8 Å². The summed E-state index contributed by atoms with van der Waals surface area (Å²) in [6.07, 6.45) is 0. The van der Waals surface area contributed by atoms with Crippen molar-refractivity contribution in [1.82, 2.24) is 14.5 Å². The van der Waals surface area contributed by atoms with E-state index >= 15 is 0 Å². The number of halogens is 2. The van der Waals surface area contributed by atoms with E-state index in [0.717, 1.165) is 17.7 Å². The highest BCUT2D eigenvalue weighted by atomic mass is 35.5. The van der Waals surface area contributed by atoms with Crippen molar-refractivity contribution >= 4 is 27.7 Å². The van der Waals surface area contributed by atoms with E-state index in [2.05, 4.69) is 5.32 Å². The van der Waals surface area contributed by atoms with Crippen molar-refractivity contribution in [2.75, 3.05) is 26.2 Å². The Hall–Kier alpha value is -2.16. The minimum absolute atomic E-state index is 0.0458. The van der Waals surface area contributed by atoms with Crippen LogP contribution in [0.2, 0.25) is 5.02 Å². The number of piperazine rings is 1. The van der Waals surface area contributed by atoms with Gasteiger partial charge in [0.1, 0.15) is 5.82 Å². The SMILES string of the molecule is CC(C)C(NC(=O)N1CCN(S(=O)(=O)c2ccc(F)cc2)CC1)c1ccc(Cl)cc1. The molecule has 1 heterocycles. The number of carbonyl (C=O) groups excluding carboxylic acids is 1. The molecule has 0 bridgehead atoms. The van der Waals surface area contributed by atoms with Crippen molar-refractivity contribution in [2.24, 2.45) is 5.92 Å². The number of hydrogen-bond acceptors (Lipinski definition) is 3. The molecule has 1 atom stereocenters. The highest BCUT2D eigenvalue weighted by Crippen LogP contribution is 2.24. The molecule has 162 valence electrons. The molecule has 0 aliphatic carbocycles. The van der Waals surface area contributed by atoms with E-state index < -0.39 is 15.8 Å². The Morgan fingerprint density at radius 1 is 1.00 bits per heavy atom. The van der Waals surface area contributed by atoms with Gasteiger partial charge in [-0.15, -0.1) is 0 Å². The van der Waals surface area contributed by atoms with Gasteiger partial charge in [-0.2, -0.15) is 4.31 Å². The summed E-state index contributed by atoms with van der Waals surface area (Å²) in [7, 11) is -3.72. The number of urea groups is 1. The lowest BCUT2D eigenvalue weighted by molar-refractivity contribution is 0.166. The quantitative estimate of drug-likeness (QED) is 0.746. The van der Waals surface area contributed by atoms with Gasteiger partial charge in [0.2, 0.25) is 10.0 Å². The van der Waals surface area contributed by atoms with Crippen LogP contribution in [0.25, 0.3) is 0 Å². The summed E-state index contributed by atoms with van der Waals surface area (Å²) in [5, 5.41) is 3.68. The van der Waals surface area contributed by atoms with Gasteiger partial charge in [-0.3, -0.25) is 0 Å². The van der Waals surface area contributed by atoms with Crippen LogP contribution in [0.3, 0.4) is 0 Å². The topological polar surface area (TPSA) is 69.7 Å². The van der Waals surface area contributed by atoms with Gasteiger partial charge in [0.05, 0.1) is 10.9 Å². The molecular formula is C21H25ClFN3O3S. The predicted molar refractivity (Wildman–Crippen MR) is 114 cm³/mol. The molecule has 9 heteroatoms. The van der Waals surface area contributed by atoms with Crippen molar-refractivity contribution < 1.29 is 17.6 Å². The summed E-state index contributed by atoms with van der Waals surface area (Å²) in [4.78, 5) is 14.5. The average Bonchev–Trinajstić information content (AvgIpc) is 2.73. The Balaban J connectivity index is 1.63. The molecule has 0 radical (unpaired) electrons. The predicted octanol–water partition coefficient (Wildman–Crippen LogP) is 3.89. The van der Waals surface area contributed by atoms with Crippen LogP contribution in [0.15, 0.2) is 53.4 Å². The van der Waals surface area contributed by atoms with Crippen LogP contribution in [0.4, 0.5) is 9.18 Å². The Labute approximate surface area is 181 Å². The summed E-state index contributed by atoms with van der Waals surface area (Å²) in [5.74, 6) is -0.328. The zero-order chi connectivity index (χ0) is 21.9. The lowest BCUT2D eigenvalue weighted by Crippen LogP contribution is -2.53. The van der Waals surface area contributed by atoms with Crippen molar-refractivity contribution in [1.29, 1.82) is 0 Å². The highest BCUT2D eigenvalue weighted by Gasteiger charge is 2.31. The van der Waals surface area contributed by atoms with Crippen LogP contribution in [0, 0.1) is 11.7 Å². The maximum atomic E-state index is 13.1. The third-order valence-corrected chi connectivity index (χ3v) is 7.32. The maximum absolute atomic E-state index is 13.1. The third kappa shape index (κ3) is 5.11. The second-order valence-electron chi connectivity index (χ2n) is 7.57. The molecule has 2 amide bonds. The molecule has 1 fully saturated rings. The van der Waals surface area contributed by atoms with Crippen molar-refractivity contribution in [3.05, 3.63) is 64.9 Å². The van der Waals surface area contributed by atoms with E-state index in [4.69, 9.17) is 11.6 Å². The Morgan fingerprint density at radius 3 is 2.10 bits per heavy atom. The van der Waals surface area contributed by atoms with E-state index in [1.54, 1.807) is 17.0 Å². The van der Waals surface area contributed by atoms with Crippen LogP contribution in [0.1, 0.15) is 25.5 Å². The zero-order valence-electron chi connectivity index (χ0n) is 16.9. The molecule has 0 aromatic heterocycles. The molecule has 30 heavy (non-hydrogen) atoms. The molecule has 6 nitrogen and oxygen atoms in total. The smallest absolute Gasteiger partial charge is 0.317 e. The molecule has 0 saturated carbocycles. The number of hydrogen-bond donors (Lipinski definition) is 1. The lowest BCUT2D eigenvalue weighted by Gasteiger charge is -2.35. The molecular weight excluding hydrogens is 429 g/mol. The van der Waals surface area contributed by atoms with E-state index in [9.17, 15) is 17.6 Å². The Morgan fingerprint density at radius 2 is 1.57 bits per heavy atom. The second-order valence-corrected chi connectivity index (χ2v) is 9.94. The molecule has 1 aliphatic heterocycles. The van der Waals surface area contributed by atoms with Gasteiger partial charge < -0.3 is 10.2 Å². The van der Waals surface area contributed by atoms with E-state index in [1.807, 2.05) is 26.0 Å². The standard InChI is InChI=1S/C21H25ClFN3O3S/c1-15(2)20(16-3-5-17(22)6-4-16)24-21(27)25-11-13-26(14-12-25)30(28,29)19-9-7-18(23)8-10-19/h3-10,15,20H,11-14H2,1-2H3,(H,24,27). The normalized spacial score (nSPS) is 16.5. The number of nitrogens with one attached hydrogen (secondary N) is 1. The van der Waals surface area contributed by atoms with Crippen LogP contribution in [-0.4, -0.2) is 49.8 Å². The van der Waals surface area contributed by atoms with Gasteiger partial charge in [-0.05, 0) is 47.9 Å². The molecule has 2 aromatic carbocycles. The minimum Gasteiger partial charge on any atom is -0.331 e. The summed E-state index contributed by atoms with van der Waals surface area (Å²) in [6.45, 7) is 4.95. The van der Waals surface area contributed by atoms with Gasteiger partial charge in [0.15, 0.2) is 0 Å². The average molecular weight is 454 g/mol. The zero-order valence-corrected chi connectivity index (χ0v) is 18.5. The van der Waals surface area contributed by atoms with E-state index in [-0.39, 0.29) is 49.1 Å². The summed E-state index contributed by atoms with van der Waals surface area (Å²) < 4.78 is 39.9. The first-order valence-corrected chi connectivity index (χ1v) is 11.6. The Bertz CT molecular complexity index is 974. The highest BCUT2D eigenvalue weighted by molar-refractivity contribution is 7.89. The van der Waals surface area contributed by atoms with Gasteiger partial charge in [0, 0.05) is 31.2 Å². The van der Waals surface area contributed by atoms with Gasteiger partial charge >= 0.3 is 6.03 Å². The molecule has 1 saturated heterocycles. The first kappa shape index (κ1) is 22.5. The number of carbonyl (C=O) groups is 1. The monoisotopic (exact) mass is 453 g/mol. The van der Waals surface area contributed by atoms with Crippen LogP contribution in [-0.2, 0) is 10.0 Å². The minimum atomic E-state index is -3.72. The fourth-order valence-corrected chi connectivity index (χ4v) is 4.96. The summed E-state index contributed by atoms with van der Waals surface area (Å²) >= 11 is 5.96. The van der Waals surface area contributed by atoms with Crippen LogP contribution in [0.5, 0.6) is 0 Å². The molecule has 3 rings (SSSR count). The molecule has 2 aromatic rings. The fraction of sp³-hybridized carbons (Fsp3) is 0.381. The van der Waals surface area contributed by atoms with Gasteiger partial charge in [0.25, 0.3) is 0 Å². The number of sulfonamides is 1. The number of amides is 2. The van der Waals surface area contributed by atoms with Gasteiger partial charge in [-0.1, -0.05) is 37.6 Å². The fourth-order valence-electron chi connectivity index (χ4n) is 3.42. The molecule has 1 N–H and O–H groups in total. The number of benzene rings is 2. The van der Waals surface area contributed by atoms with E-state index in [1.165, 1.54) is 16.4 Å². The molecule has 0 spiro atoms. The Kier molecular flexibility index (Phi) is 7.00. The number of rotatable bonds is 5. The first-order valence-electron chi connectivity index (χ1n) is 9.75. The van der Waals surface area contributed by atoms with Crippen LogP contribution < -0.4 is 5.32 Å². The summed E-state index contributed by atoms with van der Waals surface area (Å²) in [6, 6.07) is 11.7. The third-order valence-electron chi connectivity index (χ3n) is 5.15. The van der Waals surface area contributed by atoms with Gasteiger partial charge in [-0.25, -0.2) is 17.6 Å². The largest absolute Gasteiger partial charge is 0.331 e. The summed E-state index contributed by atoms with van der Waals surface area (Å²) in [5.41, 5.74) is 0.959. The molecule has 1 unspecified atom stereocenters. The van der Waals surface area contributed by atoms with Crippen LogP contribution >= 0.6 is 11.6 Å². The van der Waals surface area contributed by atoms with Crippen molar-refractivity contribution in [3.8, 4) is 0 Å². The van der Waals surface area contributed by atoms with E-state index in [0.29, 0.717) is 5.02 Å². The number of nitrogens with zero attached hydrogens (tertiary/aromatic N) is 2. The molecule has 1 aliphatic rings. The maximum Gasteiger partial charge on any atom is 0.317 e. The lowest BCUT2D eigenvalue weighted by atomic mass is 9.96. The first-order chi connectivity index (χ1) is 14.2.